The summed E-state index contributed by atoms with van der Waals surface area (Å²) < 4.78 is 6.92. The first-order valence-electron chi connectivity index (χ1n) is 5.72. The van der Waals surface area contributed by atoms with Gasteiger partial charge in [0.15, 0.2) is 0 Å². The SMILES string of the molecule is COc1ccc(C(O)Cc2ccc(Br)cn2)cc1Br. The molecule has 1 N–H and O–H groups in total. The van der Waals surface area contributed by atoms with Crippen LogP contribution in [0.3, 0.4) is 0 Å². The van der Waals surface area contributed by atoms with Crippen molar-refractivity contribution in [1.82, 2.24) is 4.98 Å². The molecule has 3 nitrogen and oxygen atoms in total. The highest BCUT2D eigenvalue weighted by Gasteiger charge is 2.11. The minimum absolute atomic E-state index is 0.478. The van der Waals surface area contributed by atoms with Crippen LogP contribution in [0, 0.1) is 0 Å². The summed E-state index contributed by atoms with van der Waals surface area (Å²) in [6.45, 7) is 0. The summed E-state index contributed by atoms with van der Waals surface area (Å²) >= 11 is 6.75. The van der Waals surface area contributed by atoms with Crippen LogP contribution in [0.4, 0.5) is 0 Å². The number of nitrogens with zero attached hydrogens (tertiary/aromatic N) is 1. The number of benzene rings is 1. The van der Waals surface area contributed by atoms with E-state index in [1.165, 1.54) is 0 Å². The van der Waals surface area contributed by atoms with Crippen molar-refractivity contribution in [2.45, 2.75) is 12.5 Å². The van der Waals surface area contributed by atoms with E-state index in [1.54, 1.807) is 13.3 Å². The predicted octanol–water partition coefficient (Wildman–Crippen LogP) is 3.89. The lowest BCUT2D eigenvalue weighted by Crippen LogP contribution is -2.03. The fourth-order valence-corrected chi connectivity index (χ4v) is 2.53. The fourth-order valence-electron chi connectivity index (χ4n) is 1.73. The molecule has 0 amide bonds. The van der Waals surface area contributed by atoms with Crippen molar-refractivity contribution < 1.29 is 9.84 Å². The second-order valence-corrected chi connectivity index (χ2v) is 5.85. The largest absolute Gasteiger partial charge is 0.496 e. The Morgan fingerprint density at radius 2 is 2.05 bits per heavy atom. The Labute approximate surface area is 128 Å². The van der Waals surface area contributed by atoms with Crippen LogP contribution in [-0.2, 0) is 6.42 Å². The first kappa shape index (κ1) is 14.5. The molecule has 2 aromatic rings. The van der Waals surface area contributed by atoms with Crippen molar-refractivity contribution in [3.05, 3.63) is 56.7 Å². The molecular formula is C14H13Br2NO2. The van der Waals surface area contributed by atoms with E-state index in [-0.39, 0.29) is 0 Å². The molecule has 0 radical (unpaired) electrons. The molecule has 0 fully saturated rings. The molecule has 1 atom stereocenters. The van der Waals surface area contributed by atoms with Gasteiger partial charge in [-0.1, -0.05) is 6.07 Å². The number of rotatable bonds is 4. The van der Waals surface area contributed by atoms with E-state index < -0.39 is 6.10 Å². The summed E-state index contributed by atoms with van der Waals surface area (Å²) in [4.78, 5) is 4.26. The van der Waals surface area contributed by atoms with Crippen molar-refractivity contribution in [1.29, 1.82) is 0 Å². The first-order chi connectivity index (χ1) is 9.10. The standard InChI is InChI=1S/C14H13Br2NO2/c1-19-14-5-2-9(6-12(14)16)13(18)7-11-4-3-10(15)8-17-11/h2-6,8,13,18H,7H2,1H3. The Kier molecular flexibility index (Phi) is 4.96. The molecule has 0 aliphatic rings. The Bertz CT molecular complexity index is 558. The molecule has 0 bridgehead atoms. The molecule has 1 aromatic heterocycles. The van der Waals surface area contributed by atoms with Crippen LogP contribution in [0.1, 0.15) is 17.4 Å². The number of ether oxygens (including phenoxy) is 1. The number of hydrogen-bond donors (Lipinski definition) is 1. The van der Waals surface area contributed by atoms with Crippen LogP contribution in [0.2, 0.25) is 0 Å². The number of halogens is 2. The Morgan fingerprint density at radius 3 is 2.63 bits per heavy atom. The molecule has 0 aliphatic heterocycles. The van der Waals surface area contributed by atoms with E-state index in [2.05, 4.69) is 36.8 Å². The summed E-state index contributed by atoms with van der Waals surface area (Å²) in [5.41, 5.74) is 1.68. The highest BCUT2D eigenvalue weighted by atomic mass is 79.9. The van der Waals surface area contributed by atoms with E-state index in [4.69, 9.17) is 4.74 Å². The highest BCUT2D eigenvalue weighted by molar-refractivity contribution is 9.10. The first-order valence-corrected chi connectivity index (χ1v) is 7.30. The van der Waals surface area contributed by atoms with Gasteiger partial charge in [0.05, 0.1) is 17.7 Å². The molecule has 0 saturated heterocycles. The topological polar surface area (TPSA) is 42.4 Å². The average Bonchev–Trinajstić information content (AvgIpc) is 2.41. The summed E-state index contributed by atoms with van der Waals surface area (Å²) in [5.74, 6) is 0.748. The number of aromatic nitrogens is 1. The van der Waals surface area contributed by atoms with Crippen LogP contribution in [0.15, 0.2) is 45.5 Å². The maximum atomic E-state index is 10.2. The minimum Gasteiger partial charge on any atom is -0.496 e. The molecule has 1 aromatic carbocycles. The van der Waals surface area contributed by atoms with Gasteiger partial charge in [-0.05, 0) is 61.7 Å². The van der Waals surface area contributed by atoms with Gasteiger partial charge in [0.2, 0.25) is 0 Å². The number of aliphatic hydroxyl groups is 1. The van der Waals surface area contributed by atoms with Crippen molar-refractivity contribution in [2.75, 3.05) is 7.11 Å². The number of aliphatic hydroxyl groups excluding tert-OH is 1. The van der Waals surface area contributed by atoms with Gasteiger partial charge in [0.1, 0.15) is 5.75 Å². The molecule has 2 rings (SSSR count). The van der Waals surface area contributed by atoms with Gasteiger partial charge in [0.25, 0.3) is 0 Å². The van der Waals surface area contributed by atoms with Crippen molar-refractivity contribution in [3.63, 3.8) is 0 Å². The van der Waals surface area contributed by atoms with Gasteiger partial charge in [-0.3, -0.25) is 4.98 Å². The zero-order valence-corrected chi connectivity index (χ0v) is 13.5. The average molecular weight is 387 g/mol. The Morgan fingerprint density at radius 1 is 1.26 bits per heavy atom. The monoisotopic (exact) mass is 385 g/mol. The molecule has 1 heterocycles. The van der Waals surface area contributed by atoms with Gasteiger partial charge in [0, 0.05) is 22.8 Å². The fraction of sp³-hybridized carbons (Fsp3) is 0.214. The Balaban J connectivity index is 2.13. The number of pyridine rings is 1. The van der Waals surface area contributed by atoms with E-state index in [0.717, 1.165) is 26.0 Å². The second-order valence-electron chi connectivity index (χ2n) is 4.08. The van der Waals surface area contributed by atoms with E-state index in [0.29, 0.717) is 6.42 Å². The molecule has 0 spiro atoms. The Hall–Kier alpha value is -0.910. The van der Waals surface area contributed by atoms with Gasteiger partial charge < -0.3 is 9.84 Å². The van der Waals surface area contributed by atoms with E-state index in [9.17, 15) is 5.11 Å². The van der Waals surface area contributed by atoms with Crippen LogP contribution < -0.4 is 4.74 Å². The van der Waals surface area contributed by atoms with Gasteiger partial charge in [-0.25, -0.2) is 0 Å². The smallest absolute Gasteiger partial charge is 0.133 e. The van der Waals surface area contributed by atoms with Crippen molar-refractivity contribution in [2.24, 2.45) is 0 Å². The van der Waals surface area contributed by atoms with E-state index >= 15 is 0 Å². The normalized spacial score (nSPS) is 12.2. The van der Waals surface area contributed by atoms with Crippen LogP contribution in [-0.4, -0.2) is 17.2 Å². The summed E-state index contributed by atoms with van der Waals surface area (Å²) in [6.07, 6.45) is 1.62. The summed E-state index contributed by atoms with van der Waals surface area (Å²) in [7, 11) is 1.61. The van der Waals surface area contributed by atoms with Crippen LogP contribution >= 0.6 is 31.9 Å². The molecular weight excluding hydrogens is 374 g/mol. The molecule has 1 unspecified atom stereocenters. The minimum atomic E-state index is -0.587. The van der Waals surface area contributed by atoms with Gasteiger partial charge in [-0.2, -0.15) is 0 Å². The molecule has 0 aliphatic carbocycles. The second kappa shape index (κ2) is 6.50. The van der Waals surface area contributed by atoms with Gasteiger partial charge >= 0.3 is 0 Å². The molecule has 19 heavy (non-hydrogen) atoms. The highest BCUT2D eigenvalue weighted by Crippen LogP contribution is 2.29. The summed E-state index contributed by atoms with van der Waals surface area (Å²) in [6, 6.07) is 9.36. The quantitative estimate of drug-likeness (QED) is 0.866. The maximum Gasteiger partial charge on any atom is 0.133 e. The molecule has 5 heteroatoms. The van der Waals surface area contributed by atoms with Crippen molar-refractivity contribution >= 4 is 31.9 Å². The summed E-state index contributed by atoms with van der Waals surface area (Å²) in [5, 5.41) is 10.2. The van der Waals surface area contributed by atoms with Gasteiger partial charge in [-0.15, -0.1) is 0 Å². The molecule has 100 valence electrons. The zero-order chi connectivity index (χ0) is 13.8. The third-order valence-electron chi connectivity index (χ3n) is 2.75. The predicted molar refractivity (Wildman–Crippen MR) is 81.3 cm³/mol. The van der Waals surface area contributed by atoms with E-state index in [1.807, 2.05) is 30.3 Å². The third-order valence-corrected chi connectivity index (χ3v) is 3.84. The lowest BCUT2D eigenvalue weighted by atomic mass is 10.0. The van der Waals surface area contributed by atoms with Crippen LogP contribution in [0.25, 0.3) is 0 Å². The zero-order valence-electron chi connectivity index (χ0n) is 10.3. The maximum absolute atomic E-state index is 10.2. The molecule has 0 saturated carbocycles. The number of methoxy groups -OCH3 is 1. The third kappa shape index (κ3) is 3.78. The van der Waals surface area contributed by atoms with Crippen LogP contribution in [0.5, 0.6) is 5.75 Å². The lowest BCUT2D eigenvalue weighted by Gasteiger charge is -2.12. The van der Waals surface area contributed by atoms with Crippen molar-refractivity contribution in [3.8, 4) is 5.75 Å². The number of hydrogen-bond acceptors (Lipinski definition) is 3. The lowest BCUT2D eigenvalue weighted by molar-refractivity contribution is 0.177.